The number of Topliss-reactive ketones (excluding diaryl/α,β-unsaturated/α-hetero) is 2. The van der Waals surface area contributed by atoms with Crippen molar-refractivity contribution in [1.82, 2.24) is 59.3 Å². The zero-order valence-corrected chi connectivity index (χ0v) is 56.9. The summed E-state index contributed by atoms with van der Waals surface area (Å²) in [5.74, 6) is 0.496. The first-order chi connectivity index (χ1) is 47.2. The molecule has 4 amide bonds. The number of thiazole rings is 2. The van der Waals surface area contributed by atoms with Gasteiger partial charge in [0.2, 0.25) is 5.95 Å². The number of aliphatic imine (C=N–C) groups is 2. The highest BCUT2D eigenvalue weighted by molar-refractivity contribution is 7.12. The molecule has 0 bridgehead atoms. The van der Waals surface area contributed by atoms with Gasteiger partial charge in [-0.2, -0.15) is 0 Å². The van der Waals surface area contributed by atoms with Gasteiger partial charge in [-0.25, -0.2) is 47.9 Å². The average molecular weight is 1410 g/mol. The fourth-order valence-corrected chi connectivity index (χ4v) is 14.7. The van der Waals surface area contributed by atoms with E-state index in [0.29, 0.717) is 144 Å². The van der Waals surface area contributed by atoms with E-state index in [0.717, 1.165) is 11.1 Å². The quantitative estimate of drug-likeness (QED) is 0.0675. The van der Waals surface area contributed by atoms with Gasteiger partial charge in [-0.1, -0.05) is 83.9 Å². The normalized spacial score (nSPS) is 19.5. The van der Waals surface area contributed by atoms with Crippen LogP contribution in [-0.4, -0.2) is 188 Å². The number of ether oxygens (including phenoxy) is 2. The second-order valence-corrected chi connectivity index (χ2v) is 26.7. The Morgan fingerprint density at radius 3 is 1.51 bits per heavy atom. The summed E-state index contributed by atoms with van der Waals surface area (Å²) in [7, 11) is 6.34. The number of halogens is 4. The number of piperazine rings is 2. The van der Waals surface area contributed by atoms with Crippen molar-refractivity contribution in [3.05, 3.63) is 197 Å². The molecule has 4 aromatic heterocycles. The molecule has 4 aromatic carbocycles. The third kappa shape index (κ3) is 13.4. The molecule has 4 fully saturated rings. The maximum absolute atomic E-state index is 14.0. The van der Waals surface area contributed by atoms with E-state index in [1.807, 2.05) is 80.4 Å². The summed E-state index contributed by atoms with van der Waals surface area (Å²) in [6.07, 6.45) is 7.04. The molecule has 0 radical (unpaired) electrons. The van der Waals surface area contributed by atoms with E-state index in [4.69, 9.17) is 52.6 Å². The maximum Gasteiger partial charge on any atom is 0.338 e. The number of hydrogen-bond acceptors (Lipinski definition) is 20. The second kappa shape index (κ2) is 27.9. The molecule has 10 heterocycles. The number of carbonyl (C=O) groups excluding carboxylic acids is 6. The minimum atomic E-state index is -0.864. The lowest BCUT2D eigenvalue weighted by atomic mass is 9.95. The number of ketones is 2. The number of esters is 2. The lowest BCUT2D eigenvalue weighted by molar-refractivity contribution is -0.137. The number of urea groups is 2. The lowest BCUT2D eigenvalue weighted by Crippen LogP contribution is -2.53. The molecule has 4 atom stereocenters. The number of fused-ring (bicyclic) bond motifs is 2. The molecule has 6 aliphatic heterocycles. The molecular weight excluding hydrogens is 1340 g/mol. The van der Waals surface area contributed by atoms with Crippen molar-refractivity contribution in [2.75, 3.05) is 89.5 Å². The number of imidazole rings is 2. The summed E-state index contributed by atoms with van der Waals surface area (Å²) in [4.78, 5) is 117. The van der Waals surface area contributed by atoms with Gasteiger partial charge in [0.05, 0.1) is 56.2 Å². The largest absolute Gasteiger partial charge is 0.466 e. The third-order valence-corrected chi connectivity index (χ3v) is 20.1. The van der Waals surface area contributed by atoms with Crippen molar-refractivity contribution in [3.63, 3.8) is 0 Å². The van der Waals surface area contributed by atoms with Crippen LogP contribution in [0.5, 0.6) is 0 Å². The minimum Gasteiger partial charge on any atom is -0.466 e. The van der Waals surface area contributed by atoms with E-state index in [1.54, 1.807) is 46.5 Å². The van der Waals surface area contributed by atoms with Crippen molar-refractivity contribution in [1.29, 1.82) is 0 Å². The Balaban J connectivity index is 0.000000176. The molecule has 0 saturated carbocycles. The van der Waals surface area contributed by atoms with Crippen LogP contribution in [0.2, 0.25) is 10.0 Å². The molecular formula is C68H64Cl2F2N16O8S2. The van der Waals surface area contributed by atoms with Crippen LogP contribution in [0.3, 0.4) is 0 Å². The van der Waals surface area contributed by atoms with Gasteiger partial charge in [-0.15, -0.1) is 22.7 Å². The SMILES string of the molecule is COC(=O)C1=C(CN2CCN3C(=O)N(c4cn(C)c(-c5ccc(C(C)=O)cc5)n4)C[C@@H]3C2)NC(c2nccs2)=N[C@H]1c1ccc(F)cc1Cl.COC(=O)C1=C(CN2CCN3C(=O)N(c4nc(-c5ccc(C(C)=O)cc5)cn4C)C[C@@H]3C2)NC(c2nccs2)=N[C@H]1c1ccc(F)cc1Cl. The lowest BCUT2D eigenvalue weighted by Gasteiger charge is -2.38. The van der Waals surface area contributed by atoms with Crippen LogP contribution < -0.4 is 20.4 Å². The zero-order chi connectivity index (χ0) is 68.8. The minimum absolute atomic E-state index is 0.0103. The highest BCUT2D eigenvalue weighted by atomic mass is 35.5. The fraction of sp³-hybridized carbons (Fsp3) is 0.294. The Kier molecular flexibility index (Phi) is 19.0. The number of rotatable bonds is 16. The summed E-state index contributed by atoms with van der Waals surface area (Å²) in [6.45, 7) is 7.71. The number of anilines is 2. The van der Waals surface area contributed by atoms with Gasteiger partial charge in [0.1, 0.15) is 29.5 Å². The fourth-order valence-electron chi connectivity index (χ4n) is 13.0. The molecule has 504 valence electrons. The molecule has 8 aromatic rings. The standard InChI is InChI=1S/2C34H32ClFN8O4S/c1-19(45)20-4-6-21(7-5-20)31-39-27(18-41(31)2)44-16-23-15-42(11-12-43(23)34(44)47)17-26-28(33(46)48-3)29(24-9-8-22(36)14-25(24)35)40-30(38-26)32-37-10-13-49-32;1-19(45)20-4-6-21(7-5-20)26-17-41(2)33(39-26)44-16-23-15-42(11-12-43(23)34(44)47)18-27-28(32(46)48-3)29(24-9-8-22(36)14-25(24)35)40-30(38-27)31-37-10-13-49-31/h4-10,13-14,18,23,29H,11-12,15-17H2,1-3H3,(H,38,40);4-10,13-14,17,23,29H,11-12,15-16,18H2,1-3H3,(H,38,40)/t2*23-,29-/m00/s1. The average Bonchev–Trinajstić information content (AvgIpc) is 1.31. The van der Waals surface area contributed by atoms with Crippen LogP contribution in [0, 0.1) is 11.6 Å². The van der Waals surface area contributed by atoms with E-state index in [1.165, 1.54) is 87.1 Å². The van der Waals surface area contributed by atoms with Crippen molar-refractivity contribution >= 4 is 105 Å². The van der Waals surface area contributed by atoms with E-state index in [9.17, 15) is 37.5 Å². The Labute approximate surface area is 579 Å². The number of hydrogen-bond donors (Lipinski definition) is 2. The topological polar surface area (TPSA) is 251 Å². The molecule has 2 N–H and O–H groups in total. The summed E-state index contributed by atoms with van der Waals surface area (Å²) in [5.41, 5.74) is 6.21. The number of methoxy groups -OCH3 is 2. The smallest absolute Gasteiger partial charge is 0.338 e. The van der Waals surface area contributed by atoms with Crippen LogP contribution in [0.4, 0.5) is 30.1 Å². The van der Waals surface area contributed by atoms with E-state index >= 15 is 0 Å². The first kappa shape index (κ1) is 66.8. The zero-order valence-electron chi connectivity index (χ0n) is 53.8. The van der Waals surface area contributed by atoms with E-state index in [2.05, 4.69) is 30.4 Å². The number of nitrogens with one attached hydrogen (secondary N) is 2. The van der Waals surface area contributed by atoms with Crippen LogP contribution in [0.15, 0.2) is 153 Å². The molecule has 24 nitrogen and oxygen atoms in total. The molecule has 0 aliphatic carbocycles. The third-order valence-electron chi connectivity index (χ3n) is 17.9. The number of aryl methyl sites for hydroxylation is 2. The first-order valence-corrected chi connectivity index (χ1v) is 33.7. The van der Waals surface area contributed by atoms with E-state index in [-0.39, 0.29) is 56.9 Å². The van der Waals surface area contributed by atoms with Crippen LogP contribution in [0.1, 0.15) is 67.8 Å². The van der Waals surface area contributed by atoms with Gasteiger partial charge < -0.3 is 39.0 Å². The summed E-state index contributed by atoms with van der Waals surface area (Å²) in [5, 5.41) is 11.8. The highest BCUT2D eigenvalue weighted by Crippen LogP contribution is 2.40. The van der Waals surface area contributed by atoms with Crippen LogP contribution >= 0.6 is 45.9 Å². The van der Waals surface area contributed by atoms with Gasteiger partial charge in [-0.05, 0) is 38.1 Å². The Bertz CT molecular complexity index is 4600. The Morgan fingerprint density at radius 2 is 1.06 bits per heavy atom. The number of carbonyl (C=O) groups is 6. The summed E-state index contributed by atoms with van der Waals surface area (Å²) < 4.78 is 42.2. The Morgan fingerprint density at radius 1 is 0.592 bits per heavy atom. The maximum atomic E-state index is 14.0. The van der Waals surface area contributed by atoms with E-state index < -0.39 is 35.7 Å². The van der Waals surface area contributed by atoms with Crippen molar-refractivity contribution < 1.29 is 47.0 Å². The predicted molar refractivity (Wildman–Crippen MR) is 367 cm³/mol. The van der Waals surface area contributed by atoms with Crippen LogP contribution in [-0.2, 0) is 33.2 Å². The predicted octanol–water partition coefficient (Wildman–Crippen LogP) is 9.37. The number of amides is 4. The molecule has 98 heavy (non-hydrogen) atoms. The molecule has 4 saturated heterocycles. The van der Waals surface area contributed by atoms with Gasteiger partial charge in [-0.3, -0.25) is 39.2 Å². The molecule has 0 spiro atoms. The van der Waals surface area contributed by atoms with Crippen molar-refractivity contribution in [2.45, 2.75) is 38.0 Å². The monoisotopic (exact) mass is 1400 g/mol. The van der Waals surface area contributed by atoms with Gasteiger partial charge >= 0.3 is 24.0 Å². The number of amidine groups is 2. The number of benzene rings is 4. The molecule has 30 heteroatoms. The first-order valence-electron chi connectivity index (χ1n) is 31.1. The Hall–Kier alpha value is -9.84. The second-order valence-electron chi connectivity index (χ2n) is 24.1. The number of nitrogens with zero attached hydrogens (tertiary/aromatic N) is 14. The molecule has 6 aliphatic rings. The number of aromatic nitrogens is 6. The summed E-state index contributed by atoms with van der Waals surface area (Å²) >= 11 is 15.8. The van der Waals surface area contributed by atoms with Crippen LogP contribution in [0.25, 0.3) is 22.6 Å². The molecule has 14 rings (SSSR count). The van der Waals surface area contributed by atoms with Crippen molar-refractivity contribution in [3.8, 4) is 22.6 Å². The summed E-state index contributed by atoms with van der Waals surface area (Å²) in [6, 6.07) is 20.3. The van der Waals surface area contributed by atoms with Crippen molar-refractivity contribution in [2.24, 2.45) is 24.1 Å². The molecule has 0 unspecified atom stereocenters. The van der Waals surface area contributed by atoms with Gasteiger partial charge in [0.15, 0.2) is 39.1 Å². The van der Waals surface area contributed by atoms with Gasteiger partial charge in [0, 0.05) is 157 Å². The highest BCUT2D eigenvalue weighted by Gasteiger charge is 2.46. The van der Waals surface area contributed by atoms with Gasteiger partial charge in [0.25, 0.3) is 0 Å².